The number of aryl methyl sites for hydroxylation is 2. The summed E-state index contributed by atoms with van der Waals surface area (Å²) in [6.45, 7) is 5.67. The van der Waals surface area contributed by atoms with E-state index in [9.17, 15) is 14.4 Å². The van der Waals surface area contributed by atoms with Crippen LogP contribution >= 0.6 is 0 Å². The number of carbonyl (C=O) groups is 2. The molecule has 7 nitrogen and oxygen atoms in total. The molecule has 0 aliphatic heterocycles. The zero-order chi connectivity index (χ0) is 22.1. The molecule has 2 aromatic carbocycles. The Morgan fingerprint density at radius 1 is 1.06 bits per heavy atom. The molecule has 2 heterocycles. The molecule has 0 saturated heterocycles. The lowest BCUT2D eigenvalue weighted by Gasteiger charge is -2.14. The van der Waals surface area contributed by atoms with Gasteiger partial charge in [-0.05, 0) is 32.4 Å². The number of hydrogen-bond donors (Lipinski definition) is 1. The van der Waals surface area contributed by atoms with Crippen molar-refractivity contribution in [2.45, 2.75) is 39.8 Å². The highest BCUT2D eigenvalue weighted by atomic mass is 16.5. The van der Waals surface area contributed by atoms with Crippen molar-refractivity contribution in [3.05, 3.63) is 75.8 Å². The third kappa shape index (κ3) is 3.63. The van der Waals surface area contributed by atoms with Crippen molar-refractivity contribution < 1.29 is 14.3 Å². The van der Waals surface area contributed by atoms with Crippen LogP contribution in [0.25, 0.3) is 21.7 Å². The summed E-state index contributed by atoms with van der Waals surface area (Å²) in [6, 6.07) is 14.3. The first-order valence-corrected chi connectivity index (χ1v) is 10.2. The molecular formula is C24H23N3O4. The van der Waals surface area contributed by atoms with Gasteiger partial charge in [0.05, 0.1) is 5.39 Å². The fourth-order valence-electron chi connectivity index (χ4n) is 3.82. The maximum absolute atomic E-state index is 13.1. The van der Waals surface area contributed by atoms with Crippen LogP contribution in [0.4, 0.5) is 0 Å². The second kappa shape index (κ2) is 8.18. The van der Waals surface area contributed by atoms with Gasteiger partial charge in [-0.1, -0.05) is 43.3 Å². The minimum absolute atomic E-state index is 0.0268. The number of fused-ring (bicyclic) bond motifs is 2. The molecule has 4 aromatic rings. The minimum Gasteiger partial charge on any atom is -0.449 e. The number of carbonyl (C=O) groups excluding carboxylic acids is 2. The second-order valence-corrected chi connectivity index (χ2v) is 7.50. The number of rotatable bonds is 6. The lowest BCUT2D eigenvalue weighted by molar-refractivity contribution is 0.0313. The van der Waals surface area contributed by atoms with Gasteiger partial charge in [-0.25, -0.2) is 9.48 Å². The molecule has 0 saturated carbocycles. The van der Waals surface area contributed by atoms with Crippen LogP contribution in [0, 0.1) is 6.92 Å². The topological polar surface area (TPSA) is 94.1 Å². The Labute approximate surface area is 178 Å². The Kier molecular flexibility index (Phi) is 5.42. The Balaban J connectivity index is 1.69. The van der Waals surface area contributed by atoms with Crippen molar-refractivity contribution in [1.82, 2.24) is 14.8 Å². The number of nitrogens with zero attached hydrogens (tertiary/aromatic N) is 2. The van der Waals surface area contributed by atoms with Gasteiger partial charge in [0.25, 0.3) is 5.56 Å². The summed E-state index contributed by atoms with van der Waals surface area (Å²) < 4.78 is 6.80. The van der Waals surface area contributed by atoms with Crippen molar-refractivity contribution in [2.24, 2.45) is 0 Å². The van der Waals surface area contributed by atoms with Crippen molar-refractivity contribution in [1.29, 1.82) is 0 Å². The first-order chi connectivity index (χ1) is 14.9. The van der Waals surface area contributed by atoms with Gasteiger partial charge < -0.3 is 9.72 Å². The van der Waals surface area contributed by atoms with Gasteiger partial charge in [-0.15, -0.1) is 0 Å². The van der Waals surface area contributed by atoms with E-state index in [0.717, 1.165) is 10.9 Å². The van der Waals surface area contributed by atoms with Crippen molar-refractivity contribution in [3.63, 3.8) is 0 Å². The lowest BCUT2D eigenvalue weighted by Crippen LogP contribution is -2.29. The van der Waals surface area contributed by atoms with Gasteiger partial charge in [0.1, 0.15) is 0 Å². The SMILES string of the molecule is CCCn1nc(C(=O)OC(C)C(=O)c2c(C)[nH]c3ccccc23)c2ccccc2c1=O. The predicted octanol–water partition coefficient (Wildman–Crippen LogP) is 4.02. The van der Waals surface area contributed by atoms with Gasteiger partial charge in [0.2, 0.25) is 5.78 Å². The molecule has 1 N–H and O–H groups in total. The van der Waals surface area contributed by atoms with Crippen LogP contribution in [0.3, 0.4) is 0 Å². The fourth-order valence-corrected chi connectivity index (χ4v) is 3.82. The predicted molar refractivity (Wildman–Crippen MR) is 119 cm³/mol. The summed E-state index contributed by atoms with van der Waals surface area (Å²) in [4.78, 5) is 41.9. The number of H-pyrrole nitrogens is 1. The maximum atomic E-state index is 13.1. The van der Waals surface area contributed by atoms with E-state index in [4.69, 9.17) is 4.74 Å². The molecule has 1 unspecified atom stereocenters. The van der Waals surface area contributed by atoms with E-state index in [2.05, 4.69) is 10.1 Å². The van der Waals surface area contributed by atoms with Gasteiger partial charge in [0, 0.05) is 34.1 Å². The van der Waals surface area contributed by atoms with Gasteiger partial charge in [-0.2, -0.15) is 5.10 Å². The quantitative estimate of drug-likeness (QED) is 0.378. The third-order valence-electron chi connectivity index (χ3n) is 5.29. The average Bonchev–Trinajstić information content (AvgIpc) is 3.10. The number of para-hydroxylation sites is 1. The van der Waals surface area contributed by atoms with Crippen LogP contribution in [0.15, 0.2) is 53.3 Å². The molecule has 4 rings (SSSR count). The van der Waals surface area contributed by atoms with Crippen LogP contribution in [0.5, 0.6) is 0 Å². The zero-order valence-corrected chi connectivity index (χ0v) is 17.6. The minimum atomic E-state index is -1.02. The molecule has 0 aliphatic carbocycles. The summed E-state index contributed by atoms with van der Waals surface area (Å²) in [7, 11) is 0. The summed E-state index contributed by atoms with van der Waals surface area (Å²) >= 11 is 0. The number of nitrogens with one attached hydrogen (secondary N) is 1. The van der Waals surface area contributed by atoms with Crippen LogP contribution in [0.1, 0.15) is 46.8 Å². The van der Waals surface area contributed by atoms with Crippen LogP contribution in [0.2, 0.25) is 0 Å². The summed E-state index contributed by atoms with van der Waals surface area (Å²) in [5, 5.41) is 5.83. The Morgan fingerprint density at radius 2 is 1.71 bits per heavy atom. The standard InChI is InChI=1S/C24H23N3O4/c1-4-13-27-23(29)17-10-6-5-9-16(17)21(26-27)24(30)31-15(3)22(28)20-14(2)25-19-12-8-7-11-18(19)20/h5-12,15,25H,4,13H2,1-3H3. The average molecular weight is 417 g/mol. The number of esters is 1. The number of benzene rings is 2. The van der Waals surface area contributed by atoms with Crippen LogP contribution in [-0.4, -0.2) is 32.6 Å². The summed E-state index contributed by atoms with van der Waals surface area (Å²) in [6.07, 6.45) is -0.327. The van der Waals surface area contributed by atoms with Crippen molar-refractivity contribution in [2.75, 3.05) is 0 Å². The Hall–Kier alpha value is -3.74. The largest absolute Gasteiger partial charge is 0.449 e. The molecule has 0 bridgehead atoms. The van der Waals surface area contributed by atoms with E-state index in [1.54, 1.807) is 31.2 Å². The van der Waals surface area contributed by atoms with Crippen LogP contribution in [-0.2, 0) is 11.3 Å². The maximum Gasteiger partial charge on any atom is 0.360 e. The normalized spacial score (nSPS) is 12.2. The third-order valence-corrected chi connectivity index (χ3v) is 5.29. The number of ether oxygens (including phenoxy) is 1. The molecule has 1 atom stereocenters. The van der Waals surface area contributed by atoms with Gasteiger partial charge in [-0.3, -0.25) is 9.59 Å². The van der Waals surface area contributed by atoms with E-state index < -0.39 is 12.1 Å². The fraction of sp³-hybridized carbons (Fsp3) is 0.250. The molecule has 158 valence electrons. The first-order valence-electron chi connectivity index (χ1n) is 10.2. The first kappa shape index (κ1) is 20.5. The summed E-state index contributed by atoms with van der Waals surface area (Å²) in [5.41, 5.74) is 1.84. The molecule has 2 aromatic heterocycles. The zero-order valence-electron chi connectivity index (χ0n) is 17.6. The molecule has 0 fully saturated rings. The molecule has 0 amide bonds. The molecule has 7 heteroatoms. The van der Waals surface area contributed by atoms with E-state index >= 15 is 0 Å². The smallest absolute Gasteiger partial charge is 0.360 e. The Bertz CT molecular complexity index is 1370. The highest BCUT2D eigenvalue weighted by molar-refractivity contribution is 6.12. The van der Waals surface area contributed by atoms with E-state index in [0.29, 0.717) is 35.0 Å². The summed E-state index contributed by atoms with van der Waals surface area (Å²) in [5.74, 6) is -1.03. The molecule has 0 radical (unpaired) electrons. The van der Waals surface area contributed by atoms with Gasteiger partial charge >= 0.3 is 5.97 Å². The van der Waals surface area contributed by atoms with Gasteiger partial charge in [0.15, 0.2) is 11.8 Å². The highest BCUT2D eigenvalue weighted by Crippen LogP contribution is 2.24. The number of aromatic amines is 1. The highest BCUT2D eigenvalue weighted by Gasteiger charge is 2.26. The number of ketones is 1. The number of hydrogen-bond acceptors (Lipinski definition) is 5. The molecule has 31 heavy (non-hydrogen) atoms. The van der Waals surface area contributed by atoms with Crippen molar-refractivity contribution >= 4 is 33.4 Å². The van der Waals surface area contributed by atoms with Crippen molar-refractivity contribution in [3.8, 4) is 0 Å². The van der Waals surface area contributed by atoms with E-state index in [1.165, 1.54) is 4.68 Å². The molecule has 0 aliphatic rings. The number of Topliss-reactive ketones (excluding diaryl/α,β-unsaturated/α-hetero) is 1. The van der Waals surface area contributed by atoms with E-state index in [-0.39, 0.29) is 17.0 Å². The van der Waals surface area contributed by atoms with Crippen LogP contribution < -0.4 is 5.56 Å². The molecular weight excluding hydrogens is 394 g/mol. The Morgan fingerprint density at radius 3 is 2.42 bits per heavy atom. The number of aromatic nitrogens is 3. The molecule has 0 spiro atoms. The monoisotopic (exact) mass is 417 g/mol. The lowest BCUT2D eigenvalue weighted by atomic mass is 10.0. The van der Waals surface area contributed by atoms with E-state index in [1.807, 2.05) is 38.1 Å². The second-order valence-electron chi connectivity index (χ2n) is 7.50.